The van der Waals surface area contributed by atoms with Crippen molar-refractivity contribution in [3.05, 3.63) is 169 Å². The molecule has 0 spiro atoms. The maximum atomic E-state index is 5.73. The highest BCUT2D eigenvalue weighted by atomic mass is 28.3. The maximum absolute atomic E-state index is 5.73. The number of ether oxygens (including phenoxy) is 1. The lowest BCUT2D eigenvalue weighted by Crippen LogP contribution is -2.70. The van der Waals surface area contributed by atoms with Gasteiger partial charge in [-0.25, -0.2) is 0 Å². The van der Waals surface area contributed by atoms with Crippen LogP contribution in [-0.2, 0) is 6.17 Å². The van der Waals surface area contributed by atoms with E-state index in [0.29, 0.717) is 0 Å². The normalized spacial score (nSPS) is 11.7. The summed E-state index contributed by atoms with van der Waals surface area (Å²) < 4.78 is 8.06. The first-order chi connectivity index (χ1) is 20.8. The van der Waals surface area contributed by atoms with Gasteiger partial charge >= 0.3 is 0 Å². The maximum Gasteiger partial charge on any atom is 0.241 e. The van der Waals surface area contributed by atoms with Crippen LogP contribution in [0.1, 0.15) is 11.1 Å². The first kappa shape index (κ1) is 27.3. The Morgan fingerprint density at radius 3 is 1.90 bits per heavy atom. The highest BCUT2D eigenvalue weighted by molar-refractivity contribution is 7.10. The van der Waals surface area contributed by atoms with E-state index in [-0.39, 0.29) is 0 Å². The van der Waals surface area contributed by atoms with Crippen LogP contribution in [0, 0.1) is 0 Å². The molecule has 0 saturated carbocycles. The molecule has 0 fully saturated rings. The van der Waals surface area contributed by atoms with Crippen LogP contribution in [0.5, 0.6) is 5.75 Å². The van der Waals surface area contributed by atoms with Crippen molar-refractivity contribution < 1.29 is 4.74 Å². The Hall–Kier alpha value is -4.87. The van der Waals surface area contributed by atoms with Gasteiger partial charge in [0.1, 0.15) is 5.75 Å². The molecule has 0 N–H and O–H groups in total. The fraction of sp³-hybridized carbons (Fsp3) is 0.0541. The second-order valence-electron chi connectivity index (χ2n) is 10.3. The molecule has 5 aromatic carbocycles. The molecule has 5 heteroatoms. The van der Waals surface area contributed by atoms with E-state index in [1.54, 1.807) is 7.11 Å². The van der Waals surface area contributed by atoms with Gasteiger partial charge in [-0.05, 0) is 38.8 Å². The molecule has 1 heterocycles. The average Bonchev–Trinajstić information content (AvgIpc) is 3.51. The SMILES string of the molecule is COc1cccc([Si](Cn2ccnc2[B]C(=Cc2ccccc2)c2ccccc2)(c2ccccc2)c2ccccc2)c1. The third-order valence-corrected chi connectivity index (χ3v) is 12.5. The summed E-state index contributed by atoms with van der Waals surface area (Å²) in [6.07, 6.45) is 7.05. The first-order valence-electron chi connectivity index (χ1n) is 14.2. The molecule has 42 heavy (non-hydrogen) atoms. The Labute approximate surface area is 250 Å². The molecule has 0 aliphatic rings. The number of hydrogen-bond donors (Lipinski definition) is 0. The number of rotatable bonds is 10. The zero-order valence-corrected chi connectivity index (χ0v) is 24.7. The number of aromatic nitrogens is 2. The Bertz CT molecular complexity index is 1710. The van der Waals surface area contributed by atoms with Gasteiger partial charge in [-0.1, -0.05) is 145 Å². The lowest BCUT2D eigenvalue weighted by atomic mass is 9.65. The summed E-state index contributed by atoms with van der Waals surface area (Å²) in [7, 11) is 1.34. The van der Waals surface area contributed by atoms with Crippen molar-refractivity contribution in [2.24, 2.45) is 0 Å². The smallest absolute Gasteiger partial charge is 0.241 e. The molecule has 1 radical (unpaired) electrons. The van der Waals surface area contributed by atoms with Gasteiger partial charge in [-0.15, -0.1) is 0 Å². The van der Waals surface area contributed by atoms with Crippen molar-refractivity contribution in [1.29, 1.82) is 0 Å². The number of hydrogen-bond acceptors (Lipinski definition) is 2. The van der Waals surface area contributed by atoms with Gasteiger partial charge in [0.05, 0.1) is 12.8 Å². The van der Waals surface area contributed by atoms with E-state index in [9.17, 15) is 0 Å². The molecule has 6 aromatic rings. The molecule has 203 valence electrons. The van der Waals surface area contributed by atoms with Crippen molar-refractivity contribution in [2.45, 2.75) is 6.17 Å². The van der Waals surface area contributed by atoms with Gasteiger partial charge < -0.3 is 9.30 Å². The van der Waals surface area contributed by atoms with Gasteiger partial charge in [0, 0.05) is 18.6 Å². The minimum atomic E-state index is -2.61. The standard InChI is InChI=1S/C37H32BN2OSi/c1-41-32-19-14-24-35(28-32)42(33-20-10-4-11-21-33,34-22-12-5-13-23-34)29-40-26-25-39-37(40)38-36(31-17-8-3-9-18-31)27-30-15-6-2-7-16-30/h2-28H,29H2,1H3. The van der Waals surface area contributed by atoms with E-state index in [1.807, 2.05) is 18.3 Å². The van der Waals surface area contributed by atoms with Crippen LogP contribution >= 0.6 is 0 Å². The van der Waals surface area contributed by atoms with Crippen molar-refractivity contribution in [1.82, 2.24) is 9.55 Å². The van der Waals surface area contributed by atoms with E-state index in [1.165, 1.54) is 15.6 Å². The zero-order chi connectivity index (χ0) is 28.6. The fourth-order valence-electron chi connectivity index (χ4n) is 5.66. The molecule has 0 aliphatic carbocycles. The van der Waals surface area contributed by atoms with Crippen LogP contribution in [-0.4, -0.2) is 32.0 Å². The van der Waals surface area contributed by atoms with E-state index >= 15 is 0 Å². The number of imidazole rings is 1. The summed E-state index contributed by atoms with van der Waals surface area (Å²) in [4.78, 5) is 4.89. The summed E-state index contributed by atoms with van der Waals surface area (Å²) in [5.41, 5.74) is 4.34. The quantitative estimate of drug-likeness (QED) is 0.132. The summed E-state index contributed by atoms with van der Waals surface area (Å²) >= 11 is 0. The Morgan fingerprint density at radius 2 is 1.29 bits per heavy atom. The summed E-state index contributed by atoms with van der Waals surface area (Å²) in [5, 5.41) is 3.97. The molecule has 1 aromatic heterocycles. The van der Waals surface area contributed by atoms with Gasteiger partial charge in [0.25, 0.3) is 0 Å². The number of nitrogens with zero attached hydrogens (tertiary/aromatic N) is 2. The van der Waals surface area contributed by atoms with Crippen molar-refractivity contribution in [2.75, 3.05) is 7.11 Å². The van der Waals surface area contributed by atoms with E-state index in [0.717, 1.165) is 34.2 Å². The summed E-state index contributed by atoms with van der Waals surface area (Å²) in [6.45, 7) is 0. The third kappa shape index (κ3) is 5.78. The first-order valence-corrected chi connectivity index (χ1v) is 16.4. The van der Waals surface area contributed by atoms with Crippen LogP contribution in [0.15, 0.2) is 158 Å². The third-order valence-electron chi connectivity index (χ3n) is 7.76. The summed E-state index contributed by atoms with van der Waals surface area (Å²) in [6, 6.07) is 51.5. The monoisotopic (exact) mass is 559 g/mol. The Kier molecular flexibility index (Phi) is 8.29. The summed E-state index contributed by atoms with van der Waals surface area (Å²) in [5.74, 6) is 0.866. The van der Waals surface area contributed by atoms with E-state index in [4.69, 9.17) is 9.72 Å². The highest BCUT2D eigenvalue weighted by Gasteiger charge is 2.40. The molecule has 0 amide bonds. The molecule has 6 rings (SSSR count). The van der Waals surface area contributed by atoms with Gasteiger partial charge in [-0.3, -0.25) is 4.98 Å². The average molecular weight is 560 g/mol. The second kappa shape index (κ2) is 12.8. The minimum Gasteiger partial charge on any atom is -0.497 e. The predicted molar refractivity (Wildman–Crippen MR) is 179 cm³/mol. The molecule has 0 saturated heterocycles. The molecule has 0 atom stereocenters. The molecule has 0 aliphatic heterocycles. The minimum absolute atomic E-state index is 0.785. The zero-order valence-electron chi connectivity index (χ0n) is 23.7. The van der Waals surface area contributed by atoms with Gasteiger partial charge in [0.2, 0.25) is 7.28 Å². The molecule has 0 unspecified atom stereocenters. The van der Waals surface area contributed by atoms with Crippen molar-refractivity contribution in [3.8, 4) is 5.75 Å². The fourth-order valence-corrected chi connectivity index (χ4v) is 10.3. The molecule has 0 bridgehead atoms. The highest BCUT2D eigenvalue weighted by Crippen LogP contribution is 2.18. The number of benzene rings is 5. The molecular weight excluding hydrogens is 527 g/mol. The molecule has 3 nitrogen and oxygen atoms in total. The second-order valence-corrected chi connectivity index (χ2v) is 14.2. The Balaban J connectivity index is 1.49. The van der Waals surface area contributed by atoms with Crippen LogP contribution in [0.25, 0.3) is 11.5 Å². The van der Waals surface area contributed by atoms with Crippen LogP contribution in [0.2, 0.25) is 0 Å². The van der Waals surface area contributed by atoms with Gasteiger partial charge in [0.15, 0.2) is 8.07 Å². The lowest BCUT2D eigenvalue weighted by molar-refractivity contribution is 0.415. The predicted octanol–water partition coefficient (Wildman–Crippen LogP) is 5.13. The van der Waals surface area contributed by atoms with Crippen LogP contribution in [0.3, 0.4) is 0 Å². The van der Waals surface area contributed by atoms with Crippen LogP contribution in [0.4, 0.5) is 0 Å². The lowest BCUT2D eigenvalue weighted by Gasteiger charge is -2.35. The molecular formula is C37H32BN2OSi. The Morgan fingerprint density at radius 1 is 0.714 bits per heavy atom. The van der Waals surface area contributed by atoms with Crippen LogP contribution < -0.4 is 26.0 Å². The van der Waals surface area contributed by atoms with Crippen molar-refractivity contribution >= 4 is 48.2 Å². The van der Waals surface area contributed by atoms with E-state index in [2.05, 4.69) is 158 Å². The topological polar surface area (TPSA) is 27.1 Å². The van der Waals surface area contributed by atoms with Gasteiger partial charge in [-0.2, -0.15) is 0 Å². The number of methoxy groups -OCH3 is 1. The largest absolute Gasteiger partial charge is 0.497 e. The van der Waals surface area contributed by atoms with E-state index < -0.39 is 8.07 Å². The van der Waals surface area contributed by atoms with Crippen molar-refractivity contribution in [3.63, 3.8) is 0 Å².